The third-order valence-corrected chi connectivity index (χ3v) is 2.90. The van der Waals surface area contributed by atoms with Crippen LogP contribution in [0.1, 0.15) is 32.3 Å². The van der Waals surface area contributed by atoms with Gasteiger partial charge >= 0.3 is 6.03 Å². The molecule has 0 aliphatic rings. The summed E-state index contributed by atoms with van der Waals surface area (Å²) in [6.45, 7) is 5.54. The molecule has 0 unspecified atom stereocenters. The van der Waals surface area contributed by atoms with Crippen molar-refractivity contribution in [1.82, 2.24) is 16.0 Å². The van der Waals surface area contributed by atoms with Crippen LogP contribution in [0, 0.1) is 0 Å². The minimum atomic E-state index is -0.372. The molecule has 3 N–H and O–H groups in total. The summed E-state index contributed by atoms with van der Waals surface area (Å²) in [5.74, 6) is 0.597. The van der Waals surface area contributed by atoms with Gasteiger partial charge < -0.3 is 20.7 Å². The normalized spacial score (nSPS) is 9.91. The summed E-state index contributed by atoms with van der Waals surface area (Å²) in [7, 11) is 0. The second kappa shape index (κ2) is 10.5. The van der Waals surface area contributed by atoms with Crippen LogP contribution in [-0.2, 0) is 11.3 Å². The van der Waals surface area contributed by atoms with Gasteiger partial charge in [-0.1, -0.05) is 25.5 Å². The second-order valence-corrected chi connectivity index (χ2v) is 4.84. The van der Waals surface area contributed by atoms with Crippen LogP contribution in [0.4, 0.5) is 4.79 Å². The van der Waals surface area contributed by atoms with Crippen molar-refractivity contribution >= 4 is 11.9 Å². The molecule has 6 nitrogen and oxygen atoms in total. The first-order valence-electron chi connectivity index (χ1n) is 7.65. The van der Waals surface area contributed by atoms with Gasteiger partial charge in [0.2, 0.25) is 5.91 Å². The Kier molecular flexibility index (Phi) is 8.49. The van der Waals surface area contributed by atoms with Crippen molar-refractivity contribution in [2.45, 2.75) is 33.2 Å². The number of benzene rings is 1. The Bertz CT molecular complexity index is 477. The van der Waals surface area contributed by atoms with Crippen molar-refractivity contribution in [3.8, 4) is 5.75 Å². The molecule has 3 amide bonds. The van der Waals surface area contributed by atoms with Crippen LogP contribution in [0.25, 0.3) is 0 Å². The maximum atomic E-state index is 11.6. The minimum absolute atomic E-state index is 0.0279. The van der Waals surface area contributed by atoms with E-state index in [9.17, 15) is 9.59 Å². The zero-order chi connectivity index (χ0) is 16.2. The maximum absolute atomic E-state index is 11.6. The van der Waals surface area contributed by atoms with Gasteiger partial charge in [0.05, 0.1) is 13.2 Å². The molecule has 0 atom stereocenters. The lowest BCUT2D eigenvalue weighted by Crippen LogP contribution is -2.41. The fourth-order valence-electron chi connectivity index (χ4n) is 1.74. The lowest BCUT2D eigenvalue weighted by Gasteiger charge is -2.09. The fraction of sp³-hybridized carbons (Fsp3) is 0.500. The van der Waals surface area contributed by atoms with Gasteiger partial charge in [0.15, 0.2) is 0 Å². The topological polar surface area (TPSA) is 79.5 Å². The van der Waals surface area contributed by atoms with Gasteiger partial charge in [-0.05, 0) is 31.0 Å². The van der Waals surface area contributed by atoms with Crippen molar-refractivity contribution in [3.63, 3.8) is 0 Å². The van der Waals surface area contributed by atoms with Crippen LogP contribution >= 0.6 is 0 Å². The fourth-order valence-corrected chi connectivity index (χ4v) is 1.74. The third-order valence-electron chi connectivity index (χ3n) is 2.90. The molecule has 0 aliphatic heterocycles. The average Bonchev–Trinajstić information content (AvgIpc) is 2.52. The highest BCUT2D eigenvalue weighted by molar-refractivity contribution is 5.83. The molecule has 0 aromatic heterocycles. The monoisotopic (exact) mass is 307 g/mol. The molecule has 0 aliphatic carbocycles. The molecule has 1 rings (SSSR count). The zero-order valence-corrected chi connectivity index (χ0v) is 13.3. The van der Waals surface area contributed by atoms with Gasteiger partial charge in [0.1, 0.15) is 5.75 Å². The Morgan fingerprint density at radius 1 is 1.14 bits per heavy atom. The highest BCUT2D eigenvalue weighted by Crippen LogP contribution is 2.13. The van der Waals surface area contributed by atoms with E-state index >= 15 is 0 Å². The summed E-state index contributed by atoms with van der Waals surface area (Å²) in [5.41, 5.74) is 0.946. The number of carbonyl (C=O) groups excluding carboxylic acids is 2. The molecule has 0 radical (unpaired) electrons. The number of likely N-dealkylation sites (N-methyl/N-ethyl adjacent to an activating group) is 1. The van der Waals surface area contributed by atoms with Gasteiger partial charge in [-0.25, -0.2) is 4.79 Å². The molecule has 0 saturated heterocycles. The molecular formula is C16H25N3O3. The first-order valence-corrected chi connectivity index (χ1v) is 7.65. The Morgan fingerprint density at radius 3 is 2.68 bits per heavy atom. The molecule has 1 aromatic carbocycles. The Hall–Kier alpha value is -2.24. The third kappa shape index (κ3) is 7.52. The molecular weight excluding hydrogens is 282 g/mol. The van der Waals surface area contributed by atoms with Gasteiger partial charge in [-0.3, -0.25) is 4.79 Å². The molecule has 22 heavy (non-hydrogen) atoms. The number of hydrogen-bond acceptors (Lipinski definition) is 3. The van der Waals surface area contributed by atoms with E-state index in [2.05, 4.69) is 22.9 Å². The molecule has 1 aromatic rings. The number of nitrogens with one attached hydrogen (secondary N) is 3. The van der Waals surface area contributed by atoms with Crippen LogP contribution in [0.15, 0.2) is 24.3 Å². The second-order valence-electron chi connectivity index (χ2n) is 4.84. The van der Waals surface area contributed by atoms with Crippen LogP contribution in [-0.4, -0.2) is 31.6 Å². The standard InChI is InChI=1S/C16H25N3O3/c1-3-5-9-22-14-8-6-7-13(10-14)11-18-16(21)19-12-15(20)17-4-2/h6-8,10H,3-5,9,11-12H2,1-2H3,(H,17,20)(H2,18,19,21). The summed E-state index contributed by atoms with van der Waals surface area (Å²) in [6.07, 6.45) is 2.11. The summed E-state index contributed by atoms with van der Waals surface area (Å²) in [4.78, 5) is 22.8. The molecule has 6 heteroatoms. The van der Waals surface area contributed by atoms with Crippen molar-refractivity contribution in [1.29, 1.82) is 0 Å². The van der Waals surface area contributed by atoms with Gasteiger partial charge in [0, 0.05) is 13.1 Å². The quantitative estimate of drug-likeness (QED) is 0.609. The van der Waals surface area contributed by atoms with Crippen LogP contribution < -0.4 is 20.7 Å². The predicted molar refractivity (Wildman–Crippen MR) is 85.8 cm³/mol. The summed E-state index contributed by atoms with van der Waals surface area (Å²) < 4.78 is 5.62. The summed E-state index contributed by atoms with van der Waals surface area (Å²) in [5, 5.41) is 7.81. The predicted octanol–water partition coefficient (Wildman–Crippen LogP) is 1.80. The number of hydrogen-bond donors (Lipinski definition) is 3. The van der Waals surface area contributed by atoms with Crippen molar-refractivity contribution in [3.05, 3.63) is 29.8 Å². The van der Waals surface area contributed by atoms with Crippen molar-refractivity contribution < 1.29 is 14.3 Å². The van der Waals surface area contributed by atoms with E-state index in [4.69, 9.17) is 4.74 Å². The molecule has 0 fully saturated rings. The lowest BCUT2D eigenvalue weighted by atomic mass is 10.2. The van der Waals surface area contributed by atoms with Crippen LogP contribution in [0.3, 0.4) is 0 Å². The lowest BCUT2D eigenvalue weighted by molar-refractivity contribution is -0.119. The molecule has 0 bridgehead atoms. The zero-order valence-electron chi connectivity index (χ0n) is 13.3. The average molecular weight is 307 g/mol. The van der Waals surface area contributed by atoms with E-state index in [0.717, 1.165) is 24.2 Å². The van der Waals surface area contributed by atoms with Crippen LogP contribution in [0.5, 0.6) is 5.75 Å². The van der Waals surface area contributed by atoms with E-state index < -0.39 is 0 Å². The van der Waals surface area contributed by atoms with Crippen molar-refractivity contribution in [2.24, 2.45) is 0 Å². The largest absolute Gasteiger partial charge is 0.494 e. The van der Waals surface area contributed by atoms with Gasteiger partial charge in [0.25, 0.3) is 0 Å². The van der Waals surface area contributed by atoms with E-state index in [0.29, 0.717) is 19.7 Å². The van der Waals surface area contributed by atoms with E-state index in [1.54, 1.807) is 0 Å². The smallest absolute Gasteiger partial charge is 0.315 e. The summed E-state index contributed by atoms with van der Waals surface area (Å²) in [6, 6.07) is 7.24. The Labute approximate surface area is 131 Å². The van der Waals surface area contributed by atoms with Crippen molar-refractivity contribution in [2.75, 3.05) is 19.7 Å². The number of urea groups is 1. The Balaban J connectivity index is 2.32. The maximum Gasteiger partial charge on any atom is 0.315 e. The van der Waals surface area contributed by atoms with Gasteiger partial charge in [-0.15, -0.1) is 0 Å². The van der Waals surface area contributed by atoms with Crippen LogP contribution in [0.2, 0.25) is 0 Å². The summed E-state index contributed by atoms with van der Waals surface area (Å²) >= 11 is 0. The SMILES string of the molecule is CCCCOc1cccc(CNC(=O)NCC(=O)NCC)c1. The number of ether oxygens (including phenoxy) is 1. The van der Waals surface area contributed by atoms with E-state index in [-0.39, 0.29) is 18.5 Å². The Morgan fingerprint density at radius 2 is 1.95 bits per heavy atom. The molecule has 122 valence electrons. The van der Waals surface area contributed by atoms with Gasteiger partial charge in [-0.2, -0.15) is 0 Å². The molecule has 0 heterocycles. The highest BCUT2D eigenvalue weighted by atomic mass is 16.5. The molecule has 0 spiro atoms. The molecule has 0 saturated carbocycles. The number of carbonyl (C=O) groups is 2. The minimum Gasteiger partial charge on any atom is -0.494 e. The number of unbranched alkanes of at least 4 members (excludes halogenated alkanes) is 1. The first-order chi connectivity index (χ1) is 10.7. The number of rotatable bonds is 9. The highest BCUT2D eigenvalue weighted by Gasteiger charge is 2.04. The first kappa shape index (κ1) is 17.8. The number of amides is 3. The van der Waals surface area contributed by atoms with E-state index in [1.807, 2.05) is 31.2 Å². The van der Waals surface area contributed by atoms with E-state index in [1.165, 1.54) is 0 Å².